The highest BCUT2D eigenvalue weighted by Gasteiger charge is 2.48. The monoisotopic (exact) mass is 1080 g/mol. The Kier molecular flexibility index (Phi) is 20.3. The second kappa shape index (κ2) is 27.5. The maximum Gasteiger partial charge on any atom is 0.246 e. The van der Waals surface area contributed by atoms with E-state index in [1.54, 1.807) is 37.7 Å². The highest BCUT2D eigenvalue weighted by atomic mass is 16.5. The number of ether oxygens (including phenoxy) is 2. The lowest BCUT2D eigenvalue weighted by molar-refractivity contribution is -0.144. The topological polar surface area (TPSA) is 206 Å². The van der Waals surface area contributed by atoms with Crippen LogP contribution in [0.2, 0.25) is 0 Å². The standard InChI is InChI=1S/C60H90N10O8/c1-39(61-3)55(71)65-53(43-19-9-20-43)59(75)69-37-45(35-51(69)57(73)63-49-25-11-17-41-15-5-7-23-47(41)49)77-33-13-27-67-29-31-68(32-30-67)28-14-34-78-46-36-52(58(74)64-50-26-12-18-42-16-6-8-24-48(42)50)70(38-46)60(76)54(44-21-10-22-44)66-56(72)40(2)62-4/h5-8,15-16,23-24,39-40,43-46,49-54,61-62H,9-14,17-22,25-38H2,1-4H3,(H,63,73)(H,64,74)(H,65,71)(H,66,72)/t39?,40?,45-,46-,49+,50+,51-,52-,53?,54?/m0/s1. The molecule has 428 valence electrons. The van der Waals surface area contributed by atoms with Crippen molar-refractivity contribution in [2.24, 2.45) is 11.8 Å². The van der Waals surface area contributed by atoms with E-state index in [-0.39, 0.29) is 71.6 Å². The number of nitrogens with zero attached hydrogens (tertiary/aromatic N) is 4. The number of carbonyl (C=O) groups is 6. The summed E-state index contributed by atoms with van der Waals surface area (Å²) in [6.07, 6.45) is 13.0. The molecule has 10 atom stereocenters. The molecule has 2 aromatic carbocycles. The fraction of sp³-hybridized carbons (Fsp3) is 0.700. The largest absolute Gasteiger partial charge is 0.376 e. The molecule has 4 unspecified atom stereocenters. The summed E-state index contributed by atoms with van der Waals surface area (Å²) in [4.78, 5) is 92.3. The molecule has 4 aliphatic carbocycles. The molecular formula is C60H90N10O8. The van der Waals surface area contributed by atoms with E-state index < -0.39 is 36.3 Å². The van der Waals surface area contributed by atoms with Crippen molar-refractivity contribution in [1.29, 1.82) is 0 Å². The Morgan fingerprint density at radius 2 is 0.949 bits per heavy atom. The number of nitrogens with one attached hydrogen (secondary N) is 6. The van der Waals surface area contributed by atoms with Gasteiger partial charge in [-0.15, -0.1) is 0 Å². The predicted molar refractivity (Wildman–Crippen MR) is 298 cm³/mol. The third kappa shape index (κ3) is 14.1. The van der Waals surface area contributed by atoms with Crippen molar-refractivity contribution in [1.82, 2.24) is 51.5 Å². The number of piperazine rings is 1. The van der Waals surface area contributed by atoms with Gasteiger partial charge in [0, 0.05) is 78.4 Å². The highest BCUT2D eigenvalue weighted by molar-refractivity contribution is 5.95. The summed E-state index contributed by atoms with van der Waals surface area (Å²) >= 11 is 0. The SMILES string of the molecule is CNC(C)C(=O)NC(C(=O)N1C[C@@H](OCCCN2CCN(CCCO[C@H]3C[C@@H](C(=O)N[C@@H]4CCCc5ccccc54)N(C(=O)C(NC(=O)C(C)NC)C4CCC4)C3)CC2)C[C@H]1C(=O)N[C@@H]1CCCc2ccccc21)C1CCC1. The maximum atomic E-state index is 14.5. The van der Waals surface area contributed by atoms with Gasteiger partial charge in [0.1, 0.15) is 24.2 Å². The number of fused-ring (bicyclic) bond motifs is 2. The van der Waals surface area contributed by atoms with E-state index >= 15 is 0 Å². The molecule has 0 radical (unpaired) electrons. The molecule has 18 nitrogen and oxygen atoms in total. The van der Waals surface area contributed by atoms with Crippen LogP contribution in [0.5, 0.6) is 0 Å². The zero-order valence-corrected chi connectivity index (χ0v) is 47.0. The Bertz CT molecular complexity index is 2210. The number of amides is 6. The summed E-state index contributed by atoms with van der Waals surface area (Å²) in [7, 11) is 3.46. The molecule has 18 heteroatoms. The van der Waals surface area contributed by atoms with Crippen LogP contribution in [0.4, 0.5) is 0 Å². The summed E-state index contributed by atoms with van der Waals surface area (Å²) in [5, 5.41) is 18.7. The lowest BCUT2D eigenvalue weighted by Crippen LogP contribution is -2.59. The minimum atomic E-state index is -0.690. The molecule has 7 aliphatic rings. The van der Waals surface area contributed by atoms with Gasteiger partial charge in [-0.3, -0.25) is 28.8 Å². The van der Waals surface area contributed by atoms with Gasteiger partial charge in [-0.2, -0.15) is 0 Å². The molecule has 5 fully saturated rings. The molecule has 2 saturated carbocycles. The number of rotatable bonds is 24. The zero-order chi connectivity index (χ0) is 54.7. The van der Waals surface area contributed by atoms with Crippen molar-refractivity contribution in [2.75, 3.05) is 79.7 Å². The Morgan fingerprint density at radius 3 is 1.32 bits per heavy atom. The van der Waals surface area contributed by atoms with E-state index in [0.717, 1.165) is 140 Å². The second-order valence-corrected chi connectivity index (χ2v) is 23.5. The zero-order valence-electron chi connectivity index (χ0n) is 47.0. The van der Waals surface area contributed by atoms with Crippen LogP contribution in [0, 0.1) is 11.8 Å². The Balaban J connectivity index is 0.735. The molecular weight excluding hydrogens is 989 g/mol. The maximum absolute atomic E-state index is 14.5. The Labute approximate surface area is 462 Å². The van der Waals surface area contributed by atoms with E-state index in [1.165, 1.54) is 11.1 Å². The van der Waals surface area contributed by atoms with E-state index in [0.29, 0.717) is 39.1 Å². The molecule has 6 N–H and O–H groups in total. The van der Waals surface area contributed by atoms with Crippen LogP contribution in [0.3, 0.4) is 0 Å². The Hall–Kier alpha value is -4.98. The summed E-state index contributed by atoms with van der Waals surface area (Å²) in [5.41, 5.74) is 4.81. The molecule has 0 spiro atoms. The van der Waals surface area contributed by atoms with Crippen molar-refractivity contribution in [3.8, 4) is 0 Å². The van der Waals surface area contributed by atoms with Gasteiger partial charge in [0.15, 0.2) is 0 Å². The van der Waals surface area contributed by atoms with Gasteiger partial charge in [-0.05, 0) is 139 Å². The van der Waals surface area contributed by atoms with Crippen molar-refractivity contribution in [2.45, 2.75) is 177 Å². The highest BCUT2D eigenvalue weighted by Crippen LogP contribution is 2.36. The van der Waals surface area contributed by atoms with Gasteiger partial charge in [0.2, 0.25) is 35.4 Å². The summed E-state index contributed by atoms with van der Waals surface area (Å²) < 4.78 is 13.0. The quantitative estimate of drug-likeness (QED) is 0.0837. The molecule has 3 aliphatic heterocycles. The van der Waals surface area contributed by atoms with Crippen molar-refractivity contribution >= 4 is 35.4 Å². The predicted octanol–water partition coefficient (Wildman–Crippen LogP) is 3.53. The van der Waals surface area contributed by atoms with Crippen LogP contribution in [-0.4, -0.2) is 183 Å². The van der Waals surface area contributed by atoms with E-state index in [1.807, 2.05) is 24.3 Å². The molecule has 3 heterocycles. The van der Waals surface area contributed by atoms with Gasteiger partial charge in [0.25, 0.3) is 0 Å². The van der Waals surface area contributed by atoms with E-state index in [4.69, 9.17) is 9.47 Å². The summed E-state index contributed by atoms with van der Waals surface area (Å²) in [6.45, 7) is 10.7. The van der Waals surface area contributed by atoms with Gasteiger partial charge in [-0.25, -0.2) is 0 Å². The first-order valence-electron chi connectivity index (χ1n) is 29.9. The molecule has 0 bridgehead atoms. The lowest BCUT2D eigenvalue weighted by atomic mass is 9.79. The van der Waals surface area contributed by atoms with Crippen LogP contribution in [0.15, 0.2) is 48.5 Å². The van der Waals surface area contributed by atoms with E-state index in [2.05, 4.69) is 66.0 Å². The van der Waals surface area contributed by atoms with Crippen molar-refractivity contribution < 1.29 is 38.2 Å². The molecule has 2 aromatic rings. The van der Waals surface area contributed by atoms with Crippen molar-refractivity contribution in [3.63, 3.8) is 0 Å². The third-order valence-electron chi connectivity index (χ3n) is 18.5. The average molecular weight is 1080 g/mol. The Morgan fingerprint density at radius 1 is 0.551 bits per heavy atom. The number of benzene rings is 2. The fourth-order valence-electron chi connectivity index (χ4n) is 13.0. The number of likely N-dealkylation sites (tertiary alicyclic amines) is 2. The fourth-order valence-corrected chi connectivity index (χ4v) is 13.0. The molecule has 9 rings (SSSR count). The summed E-state index contributed by atoms with van der Waals surface area (Å²) in [6, 6.07) is 12.7. The number of carbonyl (C=O) groups excluding carboxylic acids is 6. The molecule has 0 aromatic heterocycles. The molecule has 6 amide bonds. The minimum Gasteiger partial charge on any atom is -0.376 e. The van der Waals surface area contributed by atoms with Gasteiger partial charge in [-0.1, -0.05) is 61.4 Å². The average Bonchev–Trinajstić information content (AvgIpc) is 4.14. The van der Waals surface area contributed by atoms with Crippen LogP contribution in [0.1, 0.15) is 138 Å². The molecule has 78 heavy (non-hydrogen) atoms. The first kappa shape index (κ1) is 57.7. The normalized spacial score (nSPS) is 26.3. The first-order chi connectivity index (χ1) is 37.9. The number of likely N-dealkylation sites (N-methyl/N-ethyl adjacent to an activating group) is 2. The van der Waals surface area contributed by atoms with Crippen molar-refractivity contribution in [3.05, 3.63) is 70.8 Å². The lowest BCUT2D eigenvalue weighted by Gasteiger charge is -2.37. The molecule has 3 saturated heterocycles. The van der Waals surface area contributed by atoms with Crippen LogP contribution >= 0.6 is 0 Å². The third-order valence-corrected chi connectivity index (χ3v) is 18.5. The number of aryl methyl sites for hydroxylation is 2. The van der Waals surface area contributed by atoms with Crippen LogP contribution in [-0.2, 0) is 51.1 Å². The van der Waals surface area contributed by atoms with Crippen LogP contribution in [0.25, 0.3) is 0 Å². The van der Waals surface area contributed by atoms with Gasteiger partial charge in [0.05, 0.1) is 36.4 Å². The van der Waals surface area contributed by atoms with Gasteiger partial charge >= 0.3 is 0 Å². The first-order valence-corrected chi connectivity index (χ1v) is 29.9. The smallest absolute Gasteiger partial charge is 0.246 e. The minimum absolute atomic E-state index is 0.0418. The number of hydrogen-bond acceptors (Lipinski definition) is 12. The summed E-state index contributed by atoms with van der Waals surface area (Å²) in [5.74, 6) is -1.07. The number of hydrogen-bond donors (Lipinski definition) is 6. The van der Waals surface area contributed by atoms with Crippen LogP contribution < -0.4 is 31.9 Å². The van der Waals surface area contributed by atoms with Gasteiger partial charge < -0.3 is 61.0 Å². The van der Waals surface area contributed by atoms with E-state index in [9.17, 15) is 28.8 Å². The second-order valence-electron chi connectivity index (χ2n) is 23.5.